The standard InChI is InChI=1S/C16H20F3N3O4/c1-10-5-12(14(23)24)8-22(7-10)15(25)21-6-11-3-2-4-20-13(11)26-9-16(17,18)19/h2-4,10,12H,5-9H2,1H3,(H,21,25)(H,23,24). The second kappa shape index (κ2) is 8.24. The number of nitrogens with zero attached hydrogens (tertiary/aromatic N) is 2. The summed E-state index contributed by atoms with van der Waals surface area (Å²) in [7, 11) is 0. The molecule has 1 aliphatic rings. The molecule has 2 N–H and O–H groups in total. The summed E-state index contributed by atoms with van der Waals surface area (Å²) < 4.78 is 41.5. The molecule has 1 saturated heterocycles. The number of rotatable bonds is 5. The largest absolute Gasteiger partial charge is 0.481 e. The topological polar surface area (TPSA) is 91.8 Å². The number of aliphatic carboxylic acids is 1. The van der Waals surface area contributed by atoms with Gasteiger partial charge in [0.25, 0.3) is 0 Å². The van der Waals surface area contributed by atoms with Crippen molar-refractivity contribution in [2.24, 2.45) is 11.8 Å². The Morgan fingerprint density at radius 2 is 2.15 bits per heavy atom. The minimum absolute atomic E-state index is 0.0414. The van der Waals surface area contributed by atoms with E-state index in [1.54, 1.807) is 0 Å². The maximum atomic E-state index is 12.3. The van der Waals surface area contributed by atoms with Gasteiger partial charge >= 0.3 is 18.2 Å². The number of piperidine rings is 1. The monoisotopic (exact) mass is 375 g/mol. The number of ether oxygens (including phenoxy) is 1. The molecule has 2 amide bonds. The second-order valence-corrected chi connectivity index (χ2v) is 6.31. The Hall–Kier alpha value is -2.52. The van der Waals surface area contributed by atoms with E-state index in [1.807, 2.05) is 6.92 Å². The van der Waals surface area contributed by atoms with Gasteiger partial charge in [0, 0.05) is 31.4 Å². The van der Waals surface area contributed by atoms with Crippen molar-refractivity contribution in [3.05, 3.63) is 23.9 Å². The van der Waals surface area contributed by atoms with Crippen LogP contribution in [0.3, 0.4) is 0 Å². The molecule has 10 heteroatoms. The number of alkyl halides is 3. The Labute approximate surface area is 148 Å². The van der Waals surface area contributed by atoms with Crippen LogP contribution in [0.25, 0.3) is 0 Å². The summed E-state index contributed by atoms with van der Waals surface area (Å²) in [4.78, 5) is 28.6. The summed E-state index contributed by atoms with van der Waals surface area (Å²) >= 11 is 0. The van der Waals surface area contributed by atoms with Crippen LogP contribution in [0.2, 0.25) is 0 Å². The number of halogens is 3. The molecule has 7 nitrogen and oxygen atoms in total. The molecule has 0 aromatic carbocycles. The Balaban J connectivity index is 1.96. The Bertz CT molecular complexity index is 654. The normalized spacial score (nSPS) is 20.5. The first kappa shape index (κ1) is 19.8. The average Bonchev–Trinajstić information content (AvgIpc) is 2.57. The molecule has 2 heterocycles. The number of carbonyl (C=O) groups excluding carboxylic acids is 1. The highest BCUT2D eigenvalue weighted by atomic mass is 19.4. The van der Waals surface area contributed by atoms with E-state index >= 15 is 0 Å². The van der Waals surface area contributed by atoms with Gasteiger partial charge in [0.15, 0.2) is 6.61 Å². The predicted octanol–water partition coefficient (Wildman–Crippen LogP) is 2.27. The molecule has 2 unspecified atom stereocenters. The summed E-state index contributed by atoms with van der Waals surface area (Å²) in [6, 6.07) is 2.54. The van der Waals surface area contributed by atoms with Crippen LogP contribution in [0.15, 0.2) is 18.3 Å². The molecule has 1 aromatic heterocycles. The zero-order valence-corrected chi connectivity index (χ0v) is 14.1. The lowest BCUT2D eigenvalue weighted by Crippen LogP contribution is -2.49. The van der Waals surface area contributed by atoms with Gasteiger partial charge in [-0.2, -0.15) is 13.2 Å². The van der Waals surface area contributed by atoms with Crippen molar-refractivity contribution >= 4 is 12.0 Å². The van der Waals surface area contributed by atoms with E-state index < -0.39 is 30.7 Å². The molecule has 0 spiro atoms. The lowest BCUT2D eigenvalue weighted by molar-refractivity contribution is -0.154. The van der Waals surface area contributed by atoms with Gasteiger partial charge in [-0.15, -0.1) is 0 Å². The van der Waals surface area contributed by atoms with Crippen LogP contribution in [0.4, 0.5) is 18.0 Å². The van der Waals surface area contributed by atoms with Crippen molar-refractivity contribution in [1.29, 1.82) is 0 Å². The van der Waals surface area contributed by atoms with Crippen molar-refractivity contribution in [2.45, 2.75) is 26.1 Å². The van der Waals surface area contributed by atoms with E-state index in [1.165, 1.54) is 23.2 Å². The zero-order chi connectivity index (χ0) is 19.3. The first-order valence-corrected chi connectivity index (χ1v) is 8.04. The first-order chi connectivity index (χ1) is 12.2. The average molecular weight is 375 g/mol. The minimum atomic E-state index is -4.49. The number of carbonyl (C=O) groups is 2. The van der Waals surface area contributed by atoms with Crippen LogP contribution in [-0.4, -0.2) is 52.9 Å². The van der Waals surface area contributed by atoms with E-state index in [4.69, 9.17) is 5.11 Å². The molecule has 0 aliphatic carbocycles. The van der Waals surface area contributed by atoms with Crippen LogP contribution in [0, 0.1) is 11.8 Å². The third-order valence-corrected chi connectivity index (χ3v) is 3.95. The number of urea groups is 1. The van der Waals surface area contributed by atoms with Gasteiger partial charge < -0.3 is 20.1 Å². The number of hydrogen-bond donors (Lipinski definition) is 2. The Morgan fingerprint density at radius 1 is 1.42 bits per heavy atom. The van der Waals surface area contributed by atoms with Gasteiger partial charge in [-0.1, -0.05) is 13.0 Å². The molecule has 1 aliphatic heterocycles. The molecule has 1 aromatic rings. The Morgan fingerprint density at radius 3 is 2.81 bits per heavy atom. The molecule has 0 saturated carbocycles. The molecular formula is C16H20F3N3O4. The highest BCUT2D eigenvalue weighted by molar-refractivity contribution is 5.76. The molecular weight excluding hydrogens is 355 g/mol. The summed E-state index contributed by atoms with van der Waals surface area (Å²) in [6.07, 6.45) is -2.70. The Kier molecular flexibility index (Phi) is 6.27. The first-order valence-electron chi connectivity index (χ1n) is 8.04. The molecule has 2 rings (SSSR count). The van der Waals surface area contributed by atoms with E-state index in [0.29, 0.717) is 18.5 Å². The van der Waals surface area contributed by atoms with Crippen molar-refractivity contribution in [3.8, 4) is 5.88 Å². The molecule has 144 valence electrons. The molecule has 26 heavy (non-hydrogen) atoms. The number of carboxylic acids is 1. The van der Waals surface area contributed by atoms with Crippen LogP contribution < -0.4 is 10.1 Å². The van der Waals surface area contributed by atoms with Crippen molar-refractivity contribution in [2.75, 3.05) is 19.7 Å². The van der Waals surface area contributed by atoms with Gasteiger partial charge in [0.2, 0.25) is 5.88 Å². The summed E-state index contributed by atoms with van der Waals surface area (Å²) in [5, 5.41) is 11.7. The van der Waals surface area contributed by atoms with E-state index in [0.717, 1.165) is 0 Å². The highest BCUT2D eigenvalue weighted by Crippen LogP contribution is 2.23. The highest BCUT2D eigenvalue weighted by Gasteiger charge is 2.32. The number of aromatic nitrogens is 1. The van der Waals surface area contributed by atoms with Crippen molar-refractivity contribution in [3.63, 3.8) is 0 Å². The number of likely N-dealkylation sites (tertiary alicyclic amines) is 1. The zero-order valence-electron chi connectivity index (χ0n) is 14.1. The van der Waals surface area contributed by atoms with Gasteiger partial charge in [-0.25, -0.2) is 9.78 Å². The van der Waals surface area contributed by atoms with Gasteiger partial charge in [0.1, 0.15) is 0 Å². The number of amides is 2. The van der Waals surface area contributed by atoms with Crippen molar-refractivity contribution in [1.82, 2.24) is 15.2 Å². The fraction of sp³-hybridized carbons (Fsp3) is 0.562. The lowest BCUT2D eigenvalue weighted by Gasteiger charge is -2.34. The number of hydrogen-bond acceptors (Lipinski definition) is 4. The SMILES string of the molecule is CC1CC(C(=O)O)CN(C(=O)NCc2cccnc2OCC(F)(F)F)C1. The number of nitrogens with one attached hydrogen (secondary N) is 1. The molecule has 2 atom stereocenters. The maximum Gasteiger partial charge on any atom is 0.422 e. The predicted molar refractivity (Wildman–Crippen MR) is 84.5 cm³/mol. The molecule has 0 radical (unpaired) electrons. The van der Waals surface area contributed by atoms with Gasteiger partial charge in [0.05, 0.1) is 5.92 Å². The second-order valence-electron chi connectivity index (χ2n) is 6.31. The minimum Gasteiger partial charge on any atom is -0.481 e. The quantitative estimate of drug-likeness (QED) is 0.824. The third-order valence-electron chi connectivity index (χ3n) is 3.95. The van der Waals surface area contributed by atoms with E-state index in [9.17, 15) is 22.8 Å². The fourth-order valence-corrected chi connectivity index (χ4v) is 2.82. The van der Waals surface area contributed by atoms with E-state index in [-0.39, 0.29) is 24.9 Å². The molecule has 1 fully saturated rings. The fourth-order valence-electron chi connectivity index (χ4n) is 2.82. The lowest BCUT2D eigenvalue weighted by atomic mass is 9.91. The summed E-state index contributed by atoms with van der Waals surface area (Å²) in [6.45, 7) is 0.813. The maximum absolute atomic E-state index is 12.3. The molecule has 0 bridgehead atoms. The van der Waals surface area contributed by atoms with Crippen LogP contribution >= 0.6 is 0 Å². The van der Waals surface area contributed by atoms with Crippen molar-refractivity contribution < 1.29 is 32.6 Å². The summed E-state index contributed by atoms with van der Waals surface area (Å²) in [5.74, 6) is -1.75. The van der Waals surface area contributed by atoms with Crippen LogP contribution in [0.5, 0.6) is 5.88 Å². The van der Waals surface area contributed by atoms with E-state index in [2.05, 4.69) is 15.0 Å². The van der Waals surface area contributed by atoms with Crippen LogP contribution in [-0.2, 0) is 11.3 Å². The van der Waals surface area contributed by atoms with Gasteiger partial charge in [-0.3, -0.25) is 4.79 Å². The number of pyridine rings is 1. The van der Waals surface area contributed by atoms with Crippen LogP contribution in [0.1, 0.15) is 18.9 Å². The third kappa shape index (κ3) is 5.78. The smallest absolute Gasteiger partial charge is 0.422 e. The number of carboxylic acid groups (broad SMARTS) is 1. The van der Waals surface area contributed by atoms with Gasteiger partial charge in [-0.05, 0) is 18.4 Å². The summed E-state index contributed by atoms with van der Waals surface area (Å²) in [5.41, 5.74) is 0.296.